The molecule has 0 spiro atoms. The first kappa shape index (κ1) is 99.2. The lowest BCUT2D eigenvalue weighted by molar-refractivity contribution is -0.161. The Bertz CT molecular complexity index is 2490. The van der Waals surface area contributed by atoms with Crippen molar-refractivity contribution in [2.45, 2.75) is 341 Å². The van der Waals surface area contributed by atoms with Gasteiger partial charge in [0.25, 0.3) is 0 Å². The zero-order valence-electron chi connectivity index (χ0n) is 65.2. The minimum Gasteiger partial charge on any atom is -0.462 e. The zero-order chi connectivity index (χ0) is 76.0. The van der Waals surface area contributed by atoms with Gasteiger partial charge in [-0.3, -0.25) is 37.3 Å². The Balaban J connectivity index is 5.39. The highest BCUT2D eigenvalue weighted by Gasteiger charge is 2.30. The van der Waals surface area contributed by atoms with Crippen LogP contribution in [0.1, 0.15) is 323 Å². The van der Waals surface area contributed by atoms with Gasteiger partial charge in [-0.15, -0.1) is 0 Å². The fraction of sp³-hybridized carbons (Fsp3) is 0.694. The molecule has 19 heteroatoms. The Morgan fingerprint density at radius 1 is 0.279 bits per heavy atom. The molecule has 5 unspecified atom stereocenters. The van der Waals surface area contributed by atoms with E-state index < -0.39 is 97.5 Å². The lowest BCUT2D eigenvalue weighted by Gasteiger charge is -2.21. The summed E-state index contributed by atoms with van der Waals surface area (Å²) < 4.78 is 68.6. The van der Waals surface area contributed by atoms with E-state index in [1.165, 1.54) is 44.9 Å². The number of phosphoric ester groups is 2. The first-order valence-corrected chi connectivity index (χ1v) is 43.4. The van der Waals surface area contributed by atoms with Crippen LogP contribution in [0.3, 0.4) is 0 Å². The Kier molecular flexibility index (Phi) is 72.9. The molecule has 3 N–H and O–H groups in total. The van der Waals surface area contributed by atoms with E-state index in [0.717, 1.165) is 199 Å². The van der Waals surface area contributed by atoms with Crippen LogP contribution in [-0.4, -0.2) is 96.7 Å². The summed E-state index contributed by atoms with van der Waals surface area (Å²) in [6.07, 6.45) is 85.6. The number of esters is 4. The average molecular weight is 1500 g/mol. The first-order valence-electron chi connectivity index (χ1n) is 40.4. The van der Waals surface area contributed by atoms with Gasteiger partial charge >= 0.3 is 39.5 Å². The molecule has 0 aliphatic rings. The molecule has 17 nitrogen and oxygen atoms in total. The summed E-state index contributed by atoms with van der Waals surface area (Å²) in [4.78, 5) is 73.1. The maximum absolute atomic E-state index is 13.1. The highest BCUT2D eigenvalue weighted by Crippen LogP contribution is 2.45. The van der Waals surface area contributed by atoms with E-state index in [1.54, 1.807) is 0 Å². The van der Waals surface area contributed by atoms with E-state index in [1.807, 2.05) is 0 Å². The van der Waals surface area contributed by atoms with Crippen molar-refractivity contribution in [3.63, 3.8) is 0 Å². The van der Waals surface area contributed by atoms with Gasteiger partial charge in [-0.1, -0.05) is 271 Å². The molecule has 0 aromatic carbocycles. The molecular weight excluding hydrogens is 1350 g/mol. The lowest BCUT2D eigenvalue weighted by atomic mass is 10.1. The Morgan fingerprint density at radius 3 is 0.798 bits per heavy atom. The maximum atomic E-state index is 13.1. The number of carbonyl (C=O) groups is 4. The molecule has 0 saturated carbocycles. The van der Waals surface area contributed by atoms with E-state index in [9.17, 15) is 43.2 Å². The van der Waals surface area contributed by atoms with Crippen LogP contribution in [0.2, 0.25) is 0 Å². The number of aliphatic hydroxyl groups is 1. The van der Waals surface area contributed by atoms with Crippen LogP contribution in [-0.2, 0) is 65.4 Å². The highest BCUT2D eigenvalue weighted by atomic mass is 31.2. The van der Waals surface area contributed by atoms with Crippen molar-refractivity contribution < 1.29 is 80.2 Å². The average Bonchev–Trinajstić information content (AvgIpc) is 0.939. The van der Waals surface area contributed by atoms with Crippen LogP contribution in [0.4, 0.5) is 0 Å². The number of aliphatic hydroxyl groups excluding tert-OH is 1. The zero-order valence-corrected chi connectivity index (χ0v) is 66.9. The summed E-state index contributed by atoms with van der Waals surface area (Å²) in [5, 5.41) is 10.6. The molecule has 0 aliphatic carbocycles. The van der Waals surface area contributed by atoms with Crippen LogP contribution in [0.15, 0.2) is 134 Å². The third-order valence-electron chi connectivity index (χ3n) is 16.6. The van der Waals surface area contributed by atoms with Crippen molar-refractivity contribution >= 4 is 39.5 Å². The van der Waals surface area contributed by atoms with Gasteiger partial charge < -0.3 is 33.8 Å². The predicted octanol–water partition coefficient (Wildman–Crippen LogP) is 23.7. The van der Waals surface area contributed by atoms with Gasteiger partial charge in [-0.2, -0.15) is 0 Å². The third kappa shape index (κ3) is 75.4. The number of phosphoric acid groups is 2. The number of rotatable bonds is 75. The van der Waals surface area contributed by atoms with Gasteiger partial charge in [0.2, 0.25) is 0 Å². The maximum Gasteiger partial charge on any atom is 0.472 e. The van der Waals surface area contributed by atoms with Crippen molar-refractivity contribution in [3.8, 4) is 0 Å². The van der Waals surface area contributed by atoms with Crippen LogP contribution in [0, 0.1) is 0 Å². The van der Waals surface area contributed by atoms with Crippen molar-refractivity contribution in [3.05, 3.63) is 134 Å². The lowest BCUT2D eigenvalue weighted by Crippen LogP contribution is -2.30. The fourth-order valence-electron chi connectivity index (χ4n) is 10.5. The molecule has 0 rings (SSSR count). The standard InChI is InChI=1S/C85H144O17P2/c1-5-9-13-17-21-25-29-33-36-38-39-41-44-47-50-54-58-62-66-70-83(88)95-75-80(101-84(89)71-67-63-59-55-51-45-32-28-24-20-16-12-8-4)77-99-103(91,92)97-73-79(86)74-98-104(93,94)100-78-81(102-85(90)72-68-64-60-56-52-48-42-35-31-27-23-19-15-11-7-3)76-96-82(87)69-65-61-57-53-49-46-43-40-37-34-30-26-22-18-14-10-6-2/h10-11,14-15,21-23,25-28,32-37,39,41-43,46,79-81,86H,5-9,12-13,16-20,24,29-31,38,40,44-45,47-78H2,1-4H3,(H,91,92)(H,93,94)/b14-10-,15-11-,25-21-,26-22-,27-23-,32-28-,36-33-,37-34-,41-39-,42-35-,46-43-. The van der Waals surface area contributed by atoms with Gasteiger partial charge in [0.1, 0.15) is 19.3 Å². The molecular formula is C85H144O17P2. The Morgan fingerprint density at radius 2 is 0.500 bits per heavy atom. The number of allylic oxidation sites excluding steroid dienone is 22. The predicted molar refractivity (Wildman–Crippen MR) is 427 cm³/mol. The summed E-state index contributed by atoms with van der Waals surface area (Å²) in [5.74, 6) is -2.24. The van der Waals surface area contributed by atoms with Crippen LogP contribution >= 0.6 is 15.6 Å². The number of hydrogen-bond donors (Lipinski definition) is 3. The van der Waals surface area contributed by atoms with Crippen LogP contribution < -0.4 is 0 Å². The number of unbranched alkanes of at least 4 members (excludes halogenated alkanes) is 27. The fourth-order valence-corrected chi connectivity index (χ4v) is 12.0. The SMILES string of the molecule is CC/C=C\C/C=C\C/C=C\C/C=C\CCCCCCC(=O)OCC(COP(=O)(O)OCC(O)COP(=O)(O)OCC(COC(=O)CCCCCCCC/C=C\C/C=C\C/C=C\CCCCC)OC(=O)CCCCCCC/C=C\CCCCCC)OC(=O)CCCCCCC/C=C\C/C=C\C/C=C\CC. The summed E-state index contributed by atoms with van der Waals surface area (Å²) in [6, 6.07) is 0. The molecule has 0 fully saturated rings. The smallest absolute Gasteiger partial charge is 0.462 e. The molecule has 0 heterocycles. The summed E-state index contributed by atoms with van der Waals surface area (Å²) in [7, 11) is -9.98. The van der Waals surface area contributed by atoms with E-state index >= 15 is 0 Å². The highest BCUT2D eigenvalue weighted by molar-refractivity contribution is 7.47. The summed E-state index contributed by atoms with van der Waals surface area (Å²) in [5.41, 5.74) is 0. The van der Waals surface area contributed by atoms with Gasteiger partial charge in [-0.05, 0) is 161 Å². The van der Waals surface area contributed by atoms with E-state index in [-0.39, 0.29) is 25.7 Å². The molecule has 5 atom stereocenters. The summed E-state index contributed by atoms with van der Waals surface area (Å²) >= 11 is 0. The molecule has 0 aromatic rings. The molecule has 0 aliphatic heterocycles. The number of carbonyl (C=O) groups excluding carboxylic acids is 4. The second-order valence-electron chi connectivity index (χ2n) is 26.6. The molecule has 0 aromatic heterocycles. The van der Waals surface area contributed by atoms with Crippen LogP contribution in [0.5, 0.6) is 0 Å². The van der Waals surface area contributed by atoms with Gasteiger partial charge in [0, 0.05) is 25.7 Å². The second kappa shape index (κ2) is 76.4. The number of ether oxygens (including phenoxy) is 4. The largest absolute Gasteiger partial charge is 0.472 e. The molecule has 596 valence electrons. The normalized spacial score (nSPS) is 14.6. The second-order valence-corrected chi connectivity index (χ2v) is 29.5. The van der Waals surface area contributed by atoms with Crippen molar-refractivity contribution in [2.75, 3.05) is 39.6 Å². The van der Waals surface area contributed by atoms with E-state index in [2.05, 4.69) is 161 Å². The van der Waals surface area contributed by atoms with E-state index in [0.29, 0.717) is 25.7 Å². The van der Waals surface area contributed by atoms with Crippen molar-refractivity contribution in [2.24, 2.45) is 0 Å². The van der Waals surface area contributed by atoms with Crippen molar-refractivity contribution in [1.82, 2.24) is 0 Å². The Labute approximate surface area is 631 Å². The first-order chi connectivity index (χ1) is 50.7. The van der Waals surface area contributed by atoms with Crippen LogP contribution in [0.25, 0.3) is 0 Å². The minimum atomic E-state index is -4.99. The van der Waals surface area contributed by atoms with Gasteiger partial charge in [0.05, 0.1) is 26.4 Å². The number of hydrogen-bond acceptors (Lipinski definition) is 15. The molecule has 0 bridgehead atoms. The monoisotopic (exact) mass is 1500 g/mol. The van der Waals surface area contributed by atoms with Crippen molar-refractivity contribution in [1.29, 1.82) is 0 Å². The Hall–Kier alpha value is -4.80. The quantitative estimate of drug-likeness (QED) is 0.0169. The molecule has 0 amide bonds. The minimum absolute atomic E-state index is 0.0664. The molecule has 0 radical (unpaired) electrons. The van der Waals surface area contributed by atoms with Gasteiger partial charge in [0.15, 0.2) is 12.2 Å². The third-order valence-corrected chi connectivity index (χ3v) is 18.5. The topological polar surface area (TPSA) is 237 Å². The summed E-state index contributed by atoms with van der Waals surface area (Å²) in [6.45, 7) is 4.55. The molecule has 104 heavy (non-hydrogen) atoms. The van der Waals surface area contributed by atoms with Gasteiger partial charge in [-0.25, -0.2) is 9.13 Å². The van der Waals surface area contributed by atoms with E-state index in [4.69, 9.17) is 37.0 Å². The molecule has 0 saturated heterocycles.